The zero-order valence-electron chi connectivity index (χ0n) is 10.3. The van der Waals surface area contributed by atoms with Crippen LogP contribution in [0.15, 0.2) is 47.6 Å². The van der Waals surface area contributed by atoms with Crippen LogP contribution < -0.4 is 0 Å². The van der Waals surface area contributed by atoms with Crippen molar-refractivity contribution < 1.29 is 14.7 Å². The van der Waals surface area contributed by atoms with Gasteiger partial charge in [0.05, 0.1) is 12.7 Å². The summed E-state index contributed by atoms with van der Waals surface area (Å²) in [5.41, 5.74) is 4.48. The molecule has 0 saturated carbocycles. The van der Waals surface area contributed by atoms with Crippen LogP contribution in [0.4, 0.5) is 0 Å². The third kappa shape index (κ3) is 1.61. The highest BCUT2D eigenvalue weighted by molar-refractivity contribution is 6.24. The van der Waals surface area contributed by atoms with E-state index in [4.69, 9.17) is 4.74 Å². The fourth-order valence-corrected chi connectivity index (χ4v) is 2.40. The van der Waals surface area contributed by atoms with E-state index < -0.39 is 5.97 Å². The Morgan fingerprint density at radius 1 is 1.05 bits per heavy atom. The summed E-state index contributed by atoms with van der Waals surface area (Å²) in [4.78, 5) is 11.6. The topological polar surface area (TPSA) is 58.9 Å². The summed E-state index contributed by atoms with van der Waals surface area (Å²) in [5.74, 6) is -0.406. The van der Waals surface area contributed by atoms with Crippen LogP contribution >= 0.6 is 0 Å². The van der Waals surface area contributed by atoms with Gasteiger partial charge in [-0.25, -0.2) is 4.79 Å². The molecule has 1 aliphatic rings. The Hall–Kier alpha value is -2.62. The van der Waals surface area contributed by atoms with E-state index in [2.05, 4.69) is 5.16 Å². The Balaban J connectivity index is 2.24. The molecule has 2 aromatic rings. The predicted octanol–water partition coefficient (Wildman–Crippen LogP) is 2.68. The Morgan fingerprint density at radius 3 is 2.42 bits per heavy atom. The Bertz CT molecular complexity index is 704. The minimum atomic E-state index is -0.406. The number of hydrogen-bond donors (Lipinski definition) is 1. The van der Waals surface area contributed by atoms with Crippen LogP contribution in [0.25, 0.3) is 11.1 Å². The molecule has 94 valence electrons. The summed E-state index contributed by atoms with van der Waals surface area (Å²) in [7, 11) is 1.34. The number of carbonyl (C=O) groups is 1. The lowest BCUT2D eigenvalue weighted by atomic mass is 10.0. The van der Waals surface area contributed by atoms with Gasteiger partial charge in [-0.1, -0.05) is 35.5 Å². The van der Waals surface area contributed by atoms with Crippen molar-refractivity contribution in [3.63, 3.8) is 0 Å². The van der Waals surface area contributed by atoms with Crippen molar-refractivity contribution in [3.05, 3.63) is 59.2 Å². The SMILES string of the molecule is COC(=O)c1ccc2c(c1)C(=NO)c1ccccc1-2. The molecular weight excluding hydrogens is 242 g/mol. The zero-order valence-corrected chi connectivity index (χ0v) is 10.3. The van der Waals surface area contributed by atoms with E-state index in [1.54, 1.807) is 12.1 Å². The first-order valence-corrected chi connectivity index (χ1v) is 5.81. The minimum absolute atomic E-state index is 0.406. The number of carbonyl (C=O) groups excluding carboxylic acids is 1. The molecule has 0 aromatic heterocycles. The number of methoxy groups -OCH3 is 1. The van der Waals surface area contributed by atoms with Gasteiger partial charge in [0.2, 0.25) is 0 Å². The molecule has 0 atom stereocenters. The van der Waals surface area contributed by atoms with Gasteiger partial charge in [-0.15, -0.1) is 0 Å². The van der Waals surface area contributed by atoms with Crippen LogP contribution in [0.3, 0.4) is 0 Å². The molecule has 0 spiro atoms. The van der Waals surface area contributed by atoms with Crippen LogP contribution in [0.2, 0.25) is 0 Å². The number of rotatable bonds is 1. The fraction of sp³-hybridized carbons (Fsp3) is 0.0667. The van der Waals surface area contributed by atoms with E-state index in [-0.39, 0.29) is 0 Å². The standard InChI is InChI=1S/C15H11NO3/c1-19-15(17)9-6-7-11-10-4-2-3-5-12(10)14(16-18)13(11)8-9/h2-8,18H,1H3. The van der Waals surface area contributed by atoms with Gasteiger partial charge in [0.15, 0.2) is 0 Å². The van der Waals surface area contributed by atoms with Crippen molar-refractivity contribution >= 4 is 11.7 Å². The fourth-order valence-electron chi connectivity index (χ4n) is 2.40. The van der Waals surface area contributed by atoms with Crippen molar-refractivity contribution in [2.75, 3.05) is 7.11 Å². The molecule has 0 aliphatic heterocycles. The highest BCUT2D eigenvalue weighted by Crippen LogP contribution is 2.37. The Morgan fingerprint density at radius 2 is 1.74 bits per heavy atom. The molecule has 0 radical (unpaired) electrons. The number of ether oxygens (including phenoxy) is 1. The smallest absolute Gasteiger partial charge is 0.337 e. The van der Waals surface area contributed by atoms with Gasteiger partial charge >= 0.3 is 5.97 Å². The molecule has 0 heterocycles. The van der Waals surface area contributed by atoms with Crippen LogP contribution in [0.1, 0.15) is 21.5 Å². The van der Waals surface area contributed by atoms with Gasteiger partial charge in [0, 0.05) is 11.1 Å². The molecule has 2 aromatic carbocycles. The maximum Gasteiger partial charge on any atom is 0.337 e. The van der Waals surface area contributed by atoms with Crippen LogP contribution in [-0.2, 0) is 4.74 Å². The molecule has 0 amide bonds. The minimum Gasteiger partial charge on any atom is -0.465 e. The largest absolute Gasteiger partial charge is 0.465 e. The lowest BCUT2D eigenvalue weighted by molar-refractivity contribution is 0.0600. The molecule has 0 fully saturated rings. The molecule has 1 N–H and O–H groups in total. The number of fused-ring (bicyclic) bond motifs is 3. The van der Waals surface area contributed by atoms with E-state index in [1.807, 2.05) is 30.3 Å². The molecular formula is C15H11NO3. The van der Waals surface area contributed by atoms with E-state index in [0.717, 1.165) is 22.3 Å². The molecule has 1 aliphatic carbocycles. The van der Waals surface area contributed by atoms with Gasteiger partial charge in [-0.2, -0.15) is 0 Å². The summed E-state index contributed by atoms with van der Waals surface area (Å²) in [6.45, 7) is 0. The normalized spacial score (nSPS) is 14.1. The van der Waals surface area contributed by atoms with Gasteiger partial charge in [0.1, 0.15) is 5.71 Å². The van der Waals surface area contributed by atoms with Gasteiger partial charge in [-0.3, -0.25) is 0 Å². The molecule has 0 saturated heterocycles. The molecule has 4 nitrogen and oxygen atoms in total. The lowest BCUT2D eigenvalue weighted by Crippen LogP contribution is -2.04. The summed E-state index contributed by atoms with van der Waals surface area (Å²) in [6, 6.07) is 12.9. The molecule has 19 heavy (non-hydrogen) atoms. The molecule has 0 bridgehead atoms. The predicted molar refractivity (Wildman–Crippen MR) is 70.6 cm³/mol. The molecule has 3 rings (SSSR count). The quantitative estimate of drug-likeness (QED) is 0.412. The first-order valence-electron chi connectivity index (χ1n) is 5.81. The van der Waals surface area contributed by atoms with Crippen molar-refractivity contribution in [2.24, 2.45) is 5.16 Å². The molecule has 4 heteroatoms. The highest BCUT2D eigenvalue weighted by atomic mass is 16.5. The number of oxime groups is 1. The first-order chi connectivity index (χ1) is 9.26. The van der Waals surface area contributed by atoms with Gasteiger partial charge in [-0.05, 0) is 23.3 Å². The number of hydrogen-bond acceptors (Lipinski definition) is 4. The van der Waals surface area contributed by atoms with Gasteiger partial charge in [0.25, 0.3) is 0 Å². The van der Waals surface area contributed by atoms with Gasteiger partial charge < -0.3 is 9.94 Å². The first kappa shape index (κ1) is 11.5. The van der Waals surface area contributed by atoms with E-state index in [0.29, 0.717) is 11.3 Å². The van der Waals surface area contributed by atoms with E-state index in [1.165, 1.54) is 7.11 Å². The zero-order chi connectivity index (χ0) is 13.4. The van der Waals surface area contributed by atoms with Crippen molar-refractivity contribution in [1.29, 1.82) is 0 Å². The highest BCUT2D eigenvalue weighted by Gasteiger charge is 2.26. The summed E-state index contributed by atoms with van der Waals surface area (Å²) >= 11 is 0. The van der Waals surface area contributed by atoms with Crippen molar-refractivity contribution in [1.82, 2.24) is 0 Å². The third-order valence-corrected chi connectivity index (χ3v) is 3.27. The molecule has 0 unspecified atom stereocenters. The number of benzene rings is 2. The Kier molecular flexibility index (Phi) is 2.56. The van der Waals surface area contributed by atoms with E-state index in [9.17, 15) is 10.0 Å². The number of esters is 1. The van der Waals surface area contributed by atoms with E-state index >= 15 is 0 Å². The Labute approximate surface area is 109 Å². The second-order valence-electron chi connectivity index (χ2n) is 4.25. The summed E-state index contributed by atoms with van der Waals surface area (Å²) < 4.78 is 4.70. The summed E-state index contributed by atoms with van der Waals surface area (Å²) in [5, 5.41) is 12.6. The second-order valence-corrected chi connectivity index (χ2v) is 4.25. The van der Waals surface area contributed by atoms with Crippen LogP contribution in [0, 0.1) is 0 Å². The average Bonchev–Trinajstić information content (AvgIpc) is 2.79. The van der Waals surface area contributed by atoms with Crippen LogP contribution in [-0.4, -0.2) is 24.0 Å². The van der Waals surface area contributed by atoms with Crippen molar-refractivity contribution in [2.45, 2.75) is 0 Å². The van der Waals surface area contributed by atoms with Crippen LogP contribution in [0.5, 0.6) is 0 Å². The maximum atomic E-state index is 11.6. The number of nitrogens with zero attached hydrogens (tertiary/aromatic N) is 1. The second kappa shape index (κ2) is 4.24. The lowest BCUT2D eigenvalue weighted by Gasteiger charge is -2.03. The average molecular weight is 253 g/mol. The summed E-state index contributed by atoms with van der Waals surface area (Å²) in [6.07, 6.45) is 0. The van der Waals surface area contributed by atoms with Crippen molar-refractivity contribution in [3.8, 4) is 11.1 Å². The monoisotopic (exact) mass is 253 g/mol. The third-order valence-electron chi connectivity index (χ3n) is 3.27. The maximum absolute atomic E-state index is 11.6.